The van der Waals surface area contributed by atoms with Gasteiger partial charge in [-0.1, -0.05) is 51.8 Å². The van der Waals surface area contributed by atoms with Crippen LogP contribution in [0.3, 0.4) is 0 Å². The summed E-state index contributed by atoms with van der Waals surface area (Å²) >= 11 is 9.28. The third-order valence-corrected chi connectivity index (χ3v) is 5.33. The highest BCUT2D eigenvalue weighted by atomic mass is 79.9. The average molecular weight is 484 g/mol. The fourth-order valence-corrected chi connectivity index (χ4v) is 3.76. The number of carbonyl (C=O) groups is 2. The van der Waals surface area contributed by atoms with Crippen molar-refractivity contribution >= 4 is 45.4 Å². The molecule has 0 saturated heterocycles. The summed E-state index contributed by atoms with van der Waals surface area (Å²) in [5.74, 6) is 0.348. The van der Waals surface area contributed by atoms with Gasteiger partial charge in [0, 0.05) is 15.6 Å². The number of ether oxygens (including phenoxy) is 2. The number of aryl methyl sites for hydroxylation is 1. The monoisotopic (exact) mass is 482 g/mol. The molecule has 4 rings (SSSR count). The van der Waals surface area contributed by atoms with Gasteiger partial charge in [0.2, 0.25) is 5.78 Å². The van der Waals surface area contributed by atoms with Crippen molar-refractivity contribution in [1.29, 1.82) is 0 Å². The molecule has 0 spiro atoms. The minimum atomic E-state index is -0.411. The van der Waals surface area contributed by atoms with Gasteiger partial charge in [0.1, 0.15) is 11.5 Å². The first kappa shape index (κ1) is 20.4. The zero-order chi connectivity index (χ0) is 21.3. The highest BCUT2D eigenvalue weighted by Gasteiger charge is 2.30. The Hall–Kier alpha value is -2.89. The van der Waals surface area contributed by atoms with Crippen LogP contribution in [0, 0.1) is 6.92 Å². The highest BCUT2D eigenvalue weighted by Crippen LogP contribution is 2.37. The Balaban J connectivity index is 1.53. The number of benzene rings is 3. The predicted molar refractivity (Wildman–Crippen MR) is 119 cm³/mol. The molecule has 0 amide bonds. The first-order valence-electron chi connectivity index (χ1n) is 9.18. The van der Waals surface area contributed by atoms with Crippen molar-refractivity contribution in [2.45, 2.75) is 13.3 Å². The molecule has 0 aliphatic carbocycles. The van der Waals surface area contributed by atoms with Gasteiger partial charge >= 0.3 is 5.97 Å². The van der Waals surface area contributed by atoms with Crippen molar-refractivity contribution in [1.82, 2.24) is 0 Å². The van der Waals surface area contributed by atoms with Crippen LogP contribution in [-0.2, 0) is 11.2 Å². The van der Waals surface area contributed by atoms with Gasteiger partial charge in [-0.2, -0.15) is 0 Å². The van der Waals surface area contributed by atoms with E-state index in [1.54, 1.807) is 49.4 Å². The Kier molecular flexibility index (Phi) is 5.75. The van der Waals surface area contributed by atoms with Gasteiger partial charge in [-0.15, -0.1) is 0 Å². The Labute approximate surface area is 187 Å². The standard InChI is InChI=1S/C24H16BrClO4/c1-14-9-19(29-22(27)12-15-5-7-18(26)8-6-15)13-20-23(14)24(28)21(30-20)11-16-3-2-4-17(25)10-16/h2-11,13H,12H2,1H3/b21-11-. The van der Waals surface area contributed by atoms with E-state index in [1.807, 2.05) is 24.3 Å². The van der Waals surface area contributed by atoms with E-state index >= 15 is 0 Å². The summed E-state index contributed by atoms with van der Waals surface area (Å²) in [6, 6.07) is 17.8. The second-order valence-electron chi connectivity index (χ2n) is 6.89. The number of fused-ring (bicyclic) bond motifs is 1. The molecule has 1 aliphatic heterocycles. The van der Waals surface area contributed by atoms with Crippen LogP contribution in [0.1, 0.15) is 27.0 Å². The fraction of sp³-hybridized carbons (Fsp3) is 0.0833. The second-order valence-corrected chi connectivity index (χ2v) is 8.24. The summed E-state index contributed by atoms with van der Waals surface area (Å²) in [6.07, 6.45) is 1.81. The number of hydrogen-bond donors (Lipinski definition) is 0. The van der Waals surface area contributed by atoms with Crippen molar-refractivity contribution < 1.29 is 19.1 Å². The maximum Gasteiger partial charge on any atom is 0.315 e. The maximum atomic E-state index is 12.8. The molecular weight excluding hydrogens is 468 g/mol. The summed E-state index contributed by atoms with van der Waals surface area (Å²) in [5.41, 5.74) is 2.80. The minimum absolute atomic E-state index is 0.112. The quantitative estimate of drug-likeness (QED) is 0.253. The largest absolute Gasteiger partial charge is 0.452 e. The van der Waals surface area contributed by atoms with Gasteiger partial charge in [-0.3, -0.25) is 9.59 Å². The first-order valence-corrected chi connectivity index (χ1v) is 10.4. The van der Waals surface area contributed by atoms with E-state index in [4.69, 9.17) is 21.1 Å². The molecule has 1 aliphatic rings. The Morgan fingerprint density at radius 3 is 2.63 bits per heavy atom. The lowest BCUT2D eigenvalue weighted by Gasteiger charge is -2.08. The van der Waals surface area contributed by atoms with Crippen LogP contribution in [0.25, 0.3) is 6.08 Å². The van der Waals surface area contributed by atoms with Crippen LogP contribution < -0.4 is 9.47 Å². The molecule has 0 fully saturated rings. The Morgan fingerprint density at radius 2 is 1.90 bits per heavy atom. The predicted octanol–water partition coefficient (Wildman–Crippen LogP) is 6.18. The summed E-state index contributed by atoms with van der Waals surface area (Å²) < 4.78 is 12.2. The van der Waals surface area contributed by atoms with E-state index in [0.717, 1.165) is 15.6 Å². The van der Waals surface area contributed by atoms with Crippen molar-refractivity contribution in [2.75, 3.05) is 0 Å². The molecule has 0 saturated carbocycles. The van der Waals surface area contributed by atoms with Crippen LogP contribution in [0.2, 0.25) is 5.02 Å². The Bertz CT molecular complexity index is 1180. The van der Waals surface area contributed by atoms with Gasteiger partial charge in [0.05, 0.1) is 12.0 Å². The lowest BCUT2D eigenvalue weighted by Crippen LogP contribution is -2.11. The van der Waals surface area contributed by atoms with E-state index in [9.17, 15) is 9.59 Å². The van der Waals surface area contributed by atoms with E-state index in [2.05, 4.69) is 15.9 Å². The smallest absolute Gasteiger partial charge is 0.315 e. The normalized spacial score (nSPS) is 13.8. The first-order chi connectivity index (χ1) is 14.4. The Morgan fingerprint density at radius 1 is 1.13 bits per heavy atom. The molecule has 0 N–H and O–H groups in total. The molecule has 0 aromatic heterocycles. The van der Waals surface area contributed by atoms with Crippen LogP contribution in [0.15, 0.2) is 70.9 Å². The number of allylic oxidation sites excluding steroid dienone is 1. The SMILES string of the molecule is Cc1cc(OC(=O)Cc2ccc(Cl)cc2)cc2c1C(=O)/C(=C/c1cccc(Br)c1)O2. The lowest BCUT2D eigenvalue weighted by atomic mass is 10.0. The van der Waals surface area contributed by atoms with Gasteiger partial charge in [-0.05, 0) is 60.0 Å². The molecule has 0 radical (unpaired) electrons. The molecule has 0 unspecified atom stereocenters. The molecule has 0 bridgehead atoms. The van der Waals surface area contributed by atoms with Gasteiger partial charge in [0.25, 0.3) is 0 Å². The van der Waals surface area contributed by atoms with Gasteiger partial charge in [-0.25, -0.2) is 0 Å². The fourth-order valence-electron chi connectivity index (χ4n) is 3.22. The molecule has 4 nitrogen and oxygen atoms in total. The number of hydrogen-bond acceptors (Lipinski definition) is 4. The zero-order valence-corrected chi connectivity index (χ0v) is 18.3. The second kappa shape index (κ2) is 8.46. The van der Waals surface area contributed by atoms with Crippen molar-refractivity contribution in [2.24, 2.45) is 0 Å². The summed E-state index contributed by atoms with van der Waals surface area (Å²) in [5, 5.41) is 0.606. The average Bonchev–Trinajstić information content (AvgIpc) is 2.99. The third kappa shape index (κ3) is 4.48. The molecule has 3 aromatic carbocycles. The van der Waals surface area contributed by atoms with Gasteiger partial charge < -0.3 is 9.47 Å². The van der Waals surface area contributed by atoms with Crippen molar-refractivity contribution in [3.63, 3.8) is 0 Å². The van der Waals surface area contributed by atoms with Crippen LogP contribution in [0.5, 0.6) is 11.5 Å². The highest BCUT2D eigenvalue weighted by molar-refractivity contribution is 9.10. The van der Waals surface area contributed by atoms with E-state index in [-0.39, 0.29) is 18.0 Å². The molecule has 1 heterocycles. The van der Waals surface area contributed by atoms with E-state index in [1.165, 1.54) is 0 Å². The van der Waals surface area contributed by atoms with Crippen molar-refractivity contribution in [3.05, 3.63) is 98.2 Å². The maximum absolute atomic E-state index is 12.8. The van der Waals surface area contributed by atoms with Crippen LogP contribution >= 0.6 is 27.5 Å². The van der Waals surface area contributed by atoms with Gasteiger partial charge in [0.15, 0.2) is 5.76 Å². The van der Waals surface area contributed by atoms with Crippen LogP contribution in [0.4, 0.5) is 0 Å². The number of ketones is 1. The molecule has 30 heavy (non-hydrogen) atoms. The summed E-state index contributed by atoms with van der Waals surface area (Å²) in [6.45, 7) is 1.79. The third-order valence-electron chi connectivity index (χ3n) is 4.58. The molecule has 3 aromatic rings. The number of rotatable bonds is 4. The summed E-state index contributed by atoms with van der Waals surface area (Å²) in [4.78, 5) is 25.1. The molecule has 6 heteroatoms. The lowest BCUT2D eigenvalue weighted by molar-refractivity contribution is -0.133. The molecule has 150 valence electrons. The number of halogens is 2. The minimum Gasteiger partial charge on any atom is -0.452 e. The van der Waals surface area contributed by atoms with E-state index in [0.29, 0.717) is 27.6 Å². The van der Waals surface area contributed by atoms with Crippen molar-refractivity contribution in [3.8, 4) is 11.5 Å². The molecule has 0 atom stereocenters. The zero-order valence-electron chi connectivity index (χ0n) is 15.9. The number of esters is 1. The van der Waals surface area contributed by atoms with Crippen LogP contribution in [-0.4, -0.2) is 11.8 Å². The summed E-state index contributed by atoms with van der Waals surface area (Å²) in [7, 11) is 0. The van der Waals surface area contributed by atoms with E-state index < -0.39 is 5.97 Å². The topological polar surface area (TPSA) is 52.6 Å². The molecular formula is C24H16BrClO4. The number of carbonyl (C=O) groups excluding carboxylic acids is 2. The number of Topliss-reactive ketones (excluding diaryl/α,β-unsaturated/α-hetero) is 1.